The summed E-state index contributed by atoms with van der Waals surface area (Å²) in [5, 5.41) is 7.30. The fourth-order valence-corrected chi connectivity index (χ4v) is 2.53. The number of hydrazone groups is 1. The Morgan fingerprint density at radius 3 is 2.92 bits per heavy atom. The van der Waals surface area contributed by atoms with Crippen molar-refractivity contribution in [2.45, 2.75) is 13.8 Å². The number of aliphatic imine (C=N–C) groups is 1. The van der Waals surface area contributed by atoms with Crippen molar-refractivity contribution < 1.29 is 4.84 Å². The SMILES string of the molecule is CON1N=C2C=C(C)N=C(C)S2=N1. The summed E-state index contributed by atoms with van der Waals surface area (Å²) in [6, 6.07) is 0. The molecule has 70 valence electrons. The zero-order chi connectivity index (χ0) is 9.42. The lowest BCUT2D eigenvalue weighted by atomic mass is 10.4. The smallest absolute Gasteiger partial charge is 0.141 e. The molecule has 1 atom stereocenters. The molecule has 2 aliphatic rings. The summed E-state index contributed by atoms with van der Waals surface area (Å²) in [4.78, 5) is 9.22. The van der Waals surface area contributed by atoms with Gasteiger partial charge in [0.15, 0.2) is 0 Å². The molecule has 5 nitrogen and oxygen atoms in total. The van der Waals surface area contributed by atoms with Crippen LogP contribution in [0, 0.1) is 0 Å². The van der Waals surface area contributed by atoms with Gasteiger partial charge in [-0.3, -0.25) is 4.99 Å². The van der Waals surface area contributed by atoms with E-state index in [0.29, 0.717) is 0 Å². The van der Waals surface area contributed by atoms with E-state index in [2.05, 4.69) is 14.6 Å². The highest BCUT2D eigenvalue weighted by Gasteiger charge is 2.22. The van der Waals surface area contributed by atoms with Crippen LogP contribution in [0.15, 0.2) is 26.3 Å². The lowest BCUT2D eigenvalue weighted by Crippen LogP contribution is -2.13. The van der Waals surface area contributed by atoms with Crippen molar-refractivity contribution in [2.75, 3.05) is 7.11 Å². The maximum atomic E-state index is 4.89. The largest absolute Gasteiger partial charge is 0.250 e. The molecule has 0 fully saturated rings. The normalized spacial score (nSPS) is 25.9. The van der Waals surface area contributed by atoms with Gasteiger partial charge in [0.25, 0.3) is 0 Å². The molecule has 1 unspecified atom stereocenters. The number of rotatable bonds is 1. The molecule has 2 rings (SSSR count). The predicted molar refractivity (Wildman–Crippen MR) is 52.9 cm³/mol. The van der Waals surface area contributed by atoms with E-state index >= 15 is 0 Å². The molecule has 0 aromatic carbocycles. The molecule has 0 saturated heterocycles. The van der Waals surface area contributed by atoms with Gasteiger partial charge in [0.1, 0.15) is 5.04 Å². The van der Waals surface area contributed by atoms with E-state index in [9.17, 15) is 0 Å². The quantitative estimate of drug-likeness (QED) is 0.636. The van der Waals surface area contributed by atoms with Gasteiger partial charge in [-0.2, -0.15) is 0 Å². The van der Waals surface area contributed by atoms with Crippen LogP contribution in [0.4, 0.5) is 0 Å². The van der Waals surface area contributed by atoms with Crippen molar-refractivity contribution in [3.63, 3.8) is 0 Å². The first kappa shape index (κ1) is 8.58. The number of allylic oxidation sites excluding steroid dienone is 1. The van der Waals surface area contributed by atoms with Gasteiger partial charge < -0.3 is 0 Å². The van der Waals surface area contributed by atoms with Crippen LogP contribution in [0.25, 0.3) is 0 Å². The third kappa shape index (κ3) is 1.42. The van der Waals surface area contributed by atoms with Crippen molar-refractivity contribution in [1.29, 1.82) is 0 Å². The van der Waals surface area contributed by atoms with Crippen LogP contribution >= 0.6 is 0 Å². The van der Waals surface area contributed by atoms with Gasteiger partial charge in [0.2, 0.25) is 0 Å². The van der Waals surface area contributed by atoms with Gasteiger partial charge in [0.05, 0.1) is 12.2 Å². The van der Waals surface area contributed by atoms with Crippen LogP contribution in [0.3, 0.4) is 0 Å². The molecule has 0 saturated carbocycles. The molecule has 2 aliphatic heterocycles. The van der Waals surface area contributed by atoms with E-state index in [1.165, 1.54) is 5.28 Å². The Labute approximate surface area is 78.8 Å². The Bertz CT molecular complexity index is 369. The topological polar surface area (TPSA) is 49.5 Å². The number of hydrogen-bond donors (Lipinski definition) is 0. The highest BCUT2D eigenvalue weighted by molar-refractivity contribution is 8.16. The van der Waals surface area contributed by atoms with Crippen molar-refractivity contribution in [3.05, 3.63) is 11.8 Å². The second kappa shape index (κ2) is 3.04. The lowest BCUT2D eigenvalue weighted by molar-refractivity contribution is -0.125. The van der Waals surface area contributed by atoms with Crippen molar-refractivity contribution in [1.82, 2.24) is 5.28 Å². The molecule has 0 N–H and O–H groups in total. The maximum absolute atomic E-state index is 4.89. The molecule has 0 aliphatic carbocycles. The summed E-state index contributed by atoms with van der Waals surface area (Å²) in [7, 11) is 1.21. The van der Waals surface area contributed by atoms with E-state index in [1.54, 1.807) is 7.11 Å². The number of hydrogen-bond acceptors (Lipinski definition) is 5. The zero-order valence-electron chi connectivity index (χ0n) is 7.68. The minimum atomic E-state index is -0.331. The van der Waals surface area contributed by atoms with E-state index in [1.807, 2.05) is 19.9 Å². The molecular formula is C7H10N4OS. The van der Waals surface area contributed by atoms with Crippen molar-refractivity contribution in [3.8, 4) is 0 Å². The van der Waals surface area contributed by atoms with E-state index in [4.69, 9.17) is 4.84 Å². The second-order valence-corrected chi connectivity index (χ2v) is 4.40. The van der Waals surface area contributed by atoms with Crippen LogP contribution in [0.2, 0.25) is 0 Å². The summed E-state index contributed by atoms with van der Waals surface area (Å²) in [6.07, 6.45) is 1.93. The third-order valence-electron chi connectivity index (χ3n) is 1.64. The molecule has 0 aromatic rings. The molecule has 6 heteroatoms. The average molecular weight is 198 g/mol. The summed E-state index contributed by atoms with van der Waals surface area (Å²) >= 11 is 0. The number of nitrogens with zero attached hydrogens (tertiary/aromatic N) is 4. The van der Waals surface area contributed by atoms with Crippen LogP contribution < -0.4 is 0 Å². The minimum absolute atomic E-state index is 0.331. The first-order valence-corrected chi connectivity index (χ1v) is 5.01. The Balaban J connectivity index is 2.42. The van der Waals surface area contributed by atoms with Crippen LogP contribution in [0.5, 0.6) is 0 Å². The molecule has 0 aromatic heterocycles. The average Bonchev–Trinajstić information content (AvgIpc) is 2.47. The van der Waals surface area contributed by atoms with Crippen molar-refractivity contribution >= 4 is 20.8 Å². The Kier molecular flexibility index (Phi) is 2.01. The maximum Gasteiger partial charge on any atom is 0.141 e. The van der Waals surface area contributed by atoms with Gasteiger partial charge in [0, 0.05) is 16.4 Å². The summed E-state index contributed by atoms with van der Waals surface area (Å²) in [6.45, 7) is 3.90. The van der Waals surface area contributed by atoms with Gasteiger partial charge in [-0.1, -0.05) is 4.47 Å². The summed E-state index contributed by atoms with van der Waals surface area (Å²) < 4.78 is 4.20. The van der Waals surface area contributed by atoms with E-state index < -0.39 is 0 Å². The first-order chi connectivity index (χ1) is 6.20. The van der Waals surface area contributed by atoms with Crippen LogP contribution in [-0.4, -0.2) is 22.5 Å². The molecule has 0 spiro atoms. The minimum Gasteiger partial charge on any atom is -0.250 e. The fraction of sp³-hybridized carbons (Fsp3) is 0.429. The Hall–Kier alpha value is -1.01. The van der Waals surface area contributed by atoms with E-state index in [0.717, 1.165) is 15.8 Å². The molecular weight excluding hydrogens is 188 g/mol. The van der Waals surface area contributed by atoms with Crippen LogP contribution in [-0.2, 0) is 15.5 Å². The number of fused-ring (bicyclic) bond motifs is 1. The first-order valence-electron chi connectivity index (χ1n) is 3.83. The third-order valence-corrected chi connectivity index (χ3v) is 3.19. The van der Waals surface area contributed by atoms with Gasteiger partial charge in [-0.25, -0.2) is 4.84 Å². The summed E-state index contributed by atoms with van der Waals surface area (Å²) in [5.41, 5.74) is 0.966. The lowest BCUT2D eigenvalue weighted by Gasteiger charge is -2.06. The van der Waals surface area contributed by atoms with Crippen LogP contribution in [0.1, 0.15) is 13.8 Å². The van der Waals surface area contributed by atoms with Gasteiger partial charge in [-0.15, -0.1) is 5.10 Å². The molecule has 2 heterocycles. The molecule has 0 amide bonds. The predicted octanol–water partition coefficient (Wildman–Crippen LogP) is 1.23. The molecule has 13 heavy (non-hydrogen) atoms. The highest BCUT2D eigenvalue weighted by atomic mass is 32.2. The fourth-order valence-electron chi connectivity index (χ4n) is 1.12. The molecule has 0 bridgehead atoms. The van der Waals surface area contributed by atoms with Gasteiger partial charge in [-0.05, 0) is 25.2 Å². The standard InChI is InChI=1S/C7H10N4OS/c1-5-4-7-9-11(12-3)10-13(7)6(2)8-5/h4H,1-3H3. The van der Waals surface area contributed by atoms with Gasteiger partial charge >= 0.3 is 0 Å². The zero-order valence-corrected chi connectivity index (χ0v) is 8.50. The second-order valence-electron chi connectivity index (χ2n) is 2.66. The highest BCUT2D eigenvalue weighted by Crippen LogP contribution is 2.17. The Morgan fingerprint density at radius 2 is 2.23 bits per heavy atom. The molecule has 0 radical (unpaired) electrons. The monoisotopic (exact) mass is 198 g/mol. The summed E-state index contributed by atoms with van der Waals surface area (Å²) in [5.74, 6) is 0. The Morgan fingerprint density at radius 1 is 1.46 bits per heavy atom. The van der Waals surface area contributed by atoms with Crippen molar-refractivity contribution in [2.24, 2.45) is 14.6 Å². The van der Waals surface area contributed by atoms with E-state index in [-0.39, 0.29) is 10.7 Å².